The summed E-state index contributed by atoms with van der Waals surface area (Å²) in [4.78, 5) is 22.8. The number of aryl methyl sites for hydroxylation is 2. The van der Waals surface area contributed by atoms with Gasteiger partial charge in [-0.15, -0.1) is 0 Å². The minimum Gasteiger partial charge on any atom is -0.545 e. The molecule has 0 spiro atoms. The molecule has 0 aromatic heterocycles. The number of rotatable bonds is 4. The molecule has 6 rings (SSSR count). The molecule has 0 fully saturated rings. The molecule has 4 aromatic rings. The van der Waals surface area contributed by atoms with Crippen molar-refractivity contribution in [3.63, 3.8) is 0 Å². The van der Waals surface area contributed by atoms with Crippen LogP contribution in [0.2, 0.25) is 0 Å². The Morgan fingerprint density at radius 3 is 1.36 bits per heavy atom. The average Bonchev–Trinajstić information content (AvgIpc) is 2.93. The Hall–Kier alpha value is -4.09. The fraction of sp³-hybridized carbons (Fsp3) is 0.188. The van der Waals surface area contributed by atoms with E-state index in [1.54, 1.807) is 12.1 Å². The zero-order valence-corrected chi connectivity index (χ0v) is 22.5. The third-order valence-electron chi connectivity index (χ3n) is 7.00. The van der Waals surface area contributed by atoms with Crippen molar-refractivity contribution in [2.45, 2.75) is 39.5 Å². The summed E-state index contributed by atoms with van der Waals surface area (Å²) in [6, 6.07) is 22.7. The third-order valence-corrected chi connectivity index (χ3v) is 7.00. The van der Waals surface area contributed by atoms with Crippen molar-refractivity contribution in [2.75, 3.05) is 0 Å². The van der Waals surface area contributed by atoms with E-state index in [4.69, 9.17) is 9.47 Å². The van der Waals surface area contributed by atoms with Gasteiger partial charge >= 0.3 is 16.5 Å². The minimum atomic E-state index is -1.13. The SMILES string of the molecule is CCc1ccc2c(c1C(=O)[O-])Cc1ccccc1O2.CCc1ccc2c(c1C(=O)[O-])Cc1ccccc1O2.[Ni+2]. The van der Waals surface area contributed by atoms with Crippen LogP contribution in [-0.2, 0) is 42.2 Å². The standard InChI is InChI=1S/2C16H14O3.Ni/c2*1-2-10-7-8-14-12(15(10)16(17)18)9-11-5-3-4-6-13(11)19-14;/h2*3-8H,2,9H2,1H3,(H,17,18);/q;;+2/p-2. The number of benzene rings is 4. The maximum absolute atomic E-state index is 11.4. The number of hydrogen-bond donors (Lipinski definition) is 0. The first-order chi connectivity index (χ1) is 18.4. The fourth-order valence-electron chi connectivity index (χ4n) is 5.11. The molecule has 2 aliphatic heterocycles. The fourth-order valence-corrected chi connectivity index (χ4v) is 5.11. The molecular weight excluding hydrogens is 539 g/mol. The van der Waals surface area contributed by atoms with Gasteiger partial charge in [0.15, 0.2) is 0 Å². The van der Waals surface area contributed by atoms with Crippen molar-refractivity contribution in [1.82, 2.24) is 0 Å². The largest absolute Gasteiger partial charge is 2.00 e. The Labute approximate surface area is 237 Å². The van der Waals surface area contributed by atoms with Crippen molar-refractivity contribution in [3.8, 4) is 23.0 Å². The molecular formula is C32H26NiO6. The van der Waals surface area contributed by atoms with Crippen molar-refractivity contribution in [3.05, 3.63) is 117 Å². The van der Waals surface area contributed by atoms with Gasteiger partial charge in [0.1, 0.15) is 23.0 Å². The maximum Gasteiger partial charge on any atom is 2.00 e. The zero-order chi connectivity index (χ0) is 26.8. The number of carboxylic acids is 2. The molecule has 200 valence electrons. The summed E-state index contributed by atoms with van der Waals surface area (Å²) in [5.41, 5.74) is 5.61. The number of carboxylic acid groups (broad SMARTS) is 2. The Kier molecular flexibility index (Phi) is 8.42. The molecule has 39 heavy (non-hydrogen) atoms. The van der Waals surface area contributed by atoms with E-state index >= 15 is 0 Å². The van der Waals surface area contributed by atoms with Crippen LogP contribution in [0.1, 0.15) is 67.9 Å². The number of fused-ring (bicyclic) bond motifs is 4. The molecule has 7 heteroatoms. The van der Waals surface area contributed by atoms with Crippen molar-refractivity contribution >= 4 is 11.9 Å². The summed E-state index contributed by atoms with van der Waals surface area (Å²) < 4.78 is 11.6. The van der Waals surface area contributed by atoms with Crippen molar-refractivity contribution in [2.24, 2.45) is 0 Å². The van der Waals surface area contributed by atoms with Gasteiger partial charge in [-0.3, -0.25) is 0 Å². The van der Waals surface area contributed by atoms with Gasteiger partial charge in [0.25, 0.3) is 0 Å². The molecule has 6 nitrogen and oxygen atoms in total. The summed E-state index contributed by atoms with van der Waals surface area (Å²) in [5, 5.41) is 22.8. The van der Waals surface area contributed by atoms with Crippen LogP contribution in [0.25, 0.3) is 0 Å². The van der Waals surface area contributed by atoms with Crippen LogP contribution in [-0.4, -0.2) is 11.9 Å². The van der Waals surface area contributed by atoms with Crippen LogP contribution in [0, 0.1) is 0 Å². The maximum atomic E-state index is 11.4. The van der Waals surface area contributed by atoms with Crippen LogP contribution in [0.5, 0.6) is 23.0 Å². The second-order valence-corrected chi connectivity index (χ2v) is 9.21. The number of carbonyl (C=O) groups excluding carboxylic acids is 2. The van der Waals surface area contributed by atoms with Crippen LogP contribution >= 0.6 is 0 Å². The van der Waals surface area contributed by atoms with E-state index in [1.165, 1.54) is 0 Å². The Balaban J connectivity index is 0.000000176. The van der Waals surface area contributed by atoms with Gasteiger partial charge in [0, 0.05) is 35.1 Å². The molecule has 0 saturated carbocycles. The monoisotopic (exact) mass is 564 g/mol. The summed E-state index contributed by atoms with van der Waals surface area (Å²) in [5.74, 6) is 0.575. The molecule has 0 amide bonds. The zero-order valence-electron chi connectivity index (χ0n) is 21.5. The summed E-state index contributed by atoms with van der Waals surface area (Å²) in [7, 11) is 0. The van der Waals surface area contributed by atoms with Gasteiger partial charge in [-0.1, -0.05) is 62.4 Å². The van der Waals surface area contributed by atoms with E-state index in [2.05, 4.69) is 0 Å². The molecule has 0 atom stereocenters. The number of aromatic carboxylic acids is 2. The molecule has 0 N–H and O–H groups in total. The molecule has 0 aliphatic carbocycles. The first kappa shape index (κ1) is 27.9. The van der Waals surface area contributed by atoms with E-state index in [9.17, 15) is 19.8 Å². The Morgan fingerprint density at radius 1 is 0.615 bits per heavy atom. The van der Waals surface area contributed by atoms with Crippen LogP contribution in [0.4, 0.5) is 0 Å². The van der Waals surface area contributed by atoms with Gasteiger partial charge in [0.05, 0.1) is 11.9 Å². The van der Waals surface area contributed by atoms with Crippen LogP contribution in [0.3, 0.4) is 0 Å². The number of hydrogen-bond acceptors (Lipinski definition) is 6. The summed E-state index contributed by atoms with van der Waals surface area (Å²) >= 11 is 0. The topological polar surface area (TPSA) is 98.7 Å². The molecule has 0 radical (unpaired) electrons. The molecule has 0 bridgehead atoms. The molecule has 4 aromatic carbocycles. The molecule has 2 heterocycles. The number of para-hydroxylation sites is 2. The van der Waals surface area contributed by atoms with Crippen LogP contribution in [0.15, 0.2) is 72.8 Å². The predicted molar refractivity (Wildman–Crippen MR) is 139 cm³/mol. The second-order valence-electron chi connectivity index (χ2n) is 9.21. The minimum absolute atomic E-state index is 0. The molecule has 0 unspecified atom stereocenters. The average molecular weight is 565 g/mol. The van der Waals surface area contributed by atoms with E-state index in [-0.39, 0.29) is 27.6 Å². The second kappa shape index (κ2) is 11.8. The molecule has 2 aliphatic rings. The van der Waals surface area contributed by atoms with Gasteiger partial charge in [0.2, 0.25) is 0 Å². The van der Waals surface area contributed by atoms with E-state index in [0.717, 1.165) is 44.9 Å². The first-order valence-electron chi connectivity index (χ1n) is 12.6. The van der Waals surface area contributed by atoms with Gasteiger partial charge in [-0.2, -0.15) is 0 Å². The number of ether oxygens (including phenoxy) is 2. The summed E-state index contributed by atoms with van der Waals surface area (Å²) in [6.45, 7) is 3.87. The Morgan fingerprint density at radius 2 is 1.00 bits per heavy atom. The smallest absolute Gasteiger partial charge is 0.545 e. The number of carbonyl (C=O) groups is 2. The van der Waals surface area contributed by atoms with E-state index in [0.29, 0.717) is 37.2 Å². The first-order valence-corrected chi connectivity index (χ1v) is 12.6. The molecule has 0 saturated heterocycles. The van der Waals surface area contributed by atoms with E-state index < -0.39 is 11.9 Å². The summed E-state index contributed by atoms with van der Waals surface area (Å²) in [6.07, 6.45) is 2.47. The van der Waals surface area contributed by atoms with Gasteiger partial charge in [-0.05, 0) is 59.4 Å². The van der Waals surface area contributed by atoms with Crippen molar-refractivity contribution < 1.29 is 45.8 Å². The third kappa shape index (κ3) is 5.41. The van der Waals surface area contributed by atoms with Gasteiger partial charge < -0.3 is 29.3 Å². The predicted octanol–water partition coefficient (Wildman–Crippen LogP) is 4.62. The normalized spacial score (nSPS) is 11.9. The van der Waals surface area contributed by atoms with Gasteiger partial charge in [-0.25, -0.2) is 0 Å². The van der Waals surface area contributed by atoms with Crippen LogP contribution < -0.4 is 19.7 Å². The Bertz CT molecular complexity index is 1440. The quantitative estimate of drug-likeness (QED) is 0.290. The van der Waals surface area contributed by atoms with E-state index in [1.807, 2.05) is 74.5 Å². The van der Waals surface area contributed by atoms with Crippen molar-refractivity contribution in [1.29, 1.82) is 0 Å².